The van der Waals surface area contributed by atoms with Crippen molar-refractivity contribution in [3.8, 4) is 6.07 Å². The smallest absolute Gasteiger partial charge is 0.243 e. The highest BCUT2D eigenvalue weighted by Crippen LogP contribution is 2.30. The van der Waals surface area contributed by atoms with Crippen molar-refractivity contribution >= 4 is 34.0 Å². The topological polar surface area (TPSA) is 87.2 Å². The first-order valence-electron chi connectivity index (χ1n) is 6.31. The summed E-state index contributed by atoms with van der Waals surface area (Å²) in [4.78, 5) is 0.117. The van der Waals surface area contributed by atoms with Gasteiger partial charge >= 0.3 is 0 Å². The Kier molecular flexibility index (Phi) is 6.02. The van der Waals surface area contributed by atoms with Crippen molar-refractivity contribution in [1.29, 1.82) is 5.26 Å². The third kappa shape index (κ3) is 3.50. The summed E-state index contributed by atoms with van der Waals surface area (Å²) in [6, 6.07) is 6.01. The molecule has 1 heterocycles. The first-order valence-corrected chi connectivity index (χ1v) is 8.13. The third-order valence-corrected chi connectivity index (χ3v) is 5.89. The van der Waals surface area contributed by atoms with E-state index in [9.17, 15) is 8.42 Å². The van der Waals surface area contributed by atoms with Crippen LogP contribution in [0.15, 0.2) is 23.1 Å². The van der Waals surface area contributed by atoms with Gasteiger partial charge in [-0.25, -0.2) is 8.42 Å². The van der Waals surface area contributed by atoms with Crippen LogP contribution in [-0.4, -0.2) is 31.9 Å². The summed E-state index contributed by atoms with van der Waals surface area (Å²) in [5.74, 6) is 0.189. The maximum absolute atomic E-state index is 12.6. The lowest BCUT2D eigenvalue weighted by molar-refractivity contribution is 0.404. The van der Waals surface area contributed by atoms with Crippen LogP contribution >= 0.6 is 24.0 Å². The highest BCUT2D eigenvalue weighted by atomic mass is 35.5. The van der Waals surface area contributed by atoms with E-state index in [1.54, 1.807) is 0 Å². The van der Waals surface area contributed by atoms with Gasteiger partial charge in [-0.2, -0.15) is 9.57 Å². The first-order chi connectivity index (χ1) is 9.40. The molecule has 21 heavy (non-hydrogen) atoms. The molecule has 2 atom stereocenters. The summed E-state index contributed by atoms with van der Waals surface area (Å²) < 4.78 is 26.7. The summed E-state index contributed by atoms with van der Waals surface area (Å²) in [5, 5.41) is 8.97. The van der Waals surface area contributed by atoms with Gasteiger partial charge in [-0.1, -0.05) is 11.6 Å². The van der Waals surface area contributed by atoms with E-state index in [1.807, 2.05) is 13.0 Å². The summed E-state index contributed by atoms with van der Waals surface area (Å²) in [6.07, 6.45) is 0.764. The Hall–Kier alpha value is -0.840. The van der Waals surface area contributed by atoms with Gasteiger partial charge in [0, 0.05) is 12.6 Å². The Morgan fingerprint density at radius 2 is 2.19 bits per heavy atom. The molecule has 0 spiro atoms. The van der Waals surface area contributed by atoms with Gasteiger partial charge in [0.05, 0.1) is 15.5 Å². The second-order valence-corrected chi connectivity index (χ2v) is 7.31. The maximum Gasteiger partial charge on any atom is 0.243 e. The monoisotopic (exact) mass is 349 g/mol. The quantitative estimate of drug-likeness (QED) is 0.903. The van der Waals surface area contributed by atoms with Crippen molar-refractivity contribution in [2.24, 2.45) is 11.7 Å². The number of nitrogens with zero attached hydrogens (tertiary/aromatic N) is 2. The molecule has 5 nitrogen and oxygen atoms in total. The molecule has 1 aliphatic rings. The van der Waals surface area contributed by atoms with Crippen LogP contribution in [0.3, 0.4) is 0 Å². The maximum atomic E-state index is 12.6. The first kappa shape index (κ1) is 18.2. The molecule has 1 fully saturated rings. The molecule has 1 aromatic rings. The number of benzene rings is 1. The van der Waals surface area contributed by atoms with Gasteiger partial charge in [0.1, 0.15) is 6.07 Å². The van der Waals surface area contributed by atoms with Crippen LogP contribution < -0.4 is 5.73 Å². The molecule has 1 aromatic carbocycles. The Labute approximate surface area is 136 Å². The molecule has 1 aliphatic heterocycles. The van der Waals surface area contributed by atoms with Gasteiger partial charge < -0.3 is 5.73 Å². The summed E-state index contributed by atoms with van der Waals surface area (Å²) >= 11 is 5.91. The van der Waals surface area contributed by atoms with E-state index in [0.717, 1.165) is 6.42 Å². The molecule has 0 bridgehead atoms. The van der Waals surface area contributed by atoms with E-state index in [0.29, 0.717) is 13.1 Å². The van der Waals surface area contributed by atoms with E-state index < -0.39 is 10.0 Å². The predicted octanol–water partition coefficient (Wildman–Crippen LogP) is 1.99. The Bertz CT molecular complexity index is 658. The van der Waals surface area contributed by atoms with Crippen LogP contribution in [0.1, 0.15) is 18.9 Å². The number of nitriles is 1. The fourth-order valence-electron chi connectivity index (χ4n) is 2.50. The van der Waals surface area contributed by atoms with Crippen LogP contribution in [0, 0.1) is 17.2 Å². The van der Waals surface area contributed by atoms with Crippen molar-refractivity contribution in [2.45, 2.75) is 24.3 Å². The highest BCUT2D eigenvalue weighted by Gasteiger charge is 2.37. The molecule has 2 rings (SSSR count). The number of nitrogens with two attached hydrogens (primary N) is 1. The average Bonchev–Trinajstić information content (AvgIpc) is 2.80. The summed E-state index contributed by atoms with van der Waals surface area (Å²) in [5.41, 5.74) is 5.89. The number of halogens is 2. The van der Waals surface area contributed by atoms with E-state index >= 15 is 0 Å². The molecule has 2 unspecified atom stereocenters. The minimum Gasteiger partial charge on any atom is -0.330 e. The molecular formula is C13H17Cl2N3O2S. The fourth-order valence-corrected chi connectivity index (χ4v) is 4.53. The number of rotatable bonds is 3. The third-order valence-electron chi connectivity index (χ3n) is 3.61. The molecular weight excluding hydrogens is 333 g/mol. The zero-order valence-electron chi connectivity index (χ0n) is 11.5. The lowest BCUT2D eigenvalue weighted by atomic mass is 10.1. The number of hydrogen-bond acceptors (Lipinski definition) is 4. The summed E-state index contributed by atoms with van der Waals surface area (Å²) in [6.45, 7) is 2.78. The van der Waals surface area contributed by atoms with Crippen LogP contribution in [-0.2, 0) is 10.0 Å². The average molecular weight is 350 g/mol. The van der Waals surface area contributed by atoms with E-state index in [2.05, 4.69) is 0 Å². The Morgan fingerprint density at radius 3 is 2.67 bits per heavy atom. The van der Waals surface area contributed by atoms with Crippen LogP contribution in [0.25, 0.3) is 0 Å². The van der Waals surface area contributed by atoms with Crippen LogP contribution in [0.4, 0.5) is 0 Å². The fraction of sp³-hybridized carbons (Fsp3) is 0.462. The van der Waals surface area contributed by atoms with Crippen molar-refractivity contribution in [2.75, 3.05) is 13.1 Å². The molecule has 8 heteroatoms. The second-order valence-electron chi connectivity index (χ2n) is 5.01. The number of hydrogen-bond donors (Lipinski definition) is 1. The van der Waals surface area contributed by atoms with Crippen molar-refractivity contribution in [3.05, 3.63) is 28.8 Å². The molecule has 0 aliphatic carbocycles. The van der Waals surface area contributed by atoms with Crippen LogP contribution in [0.5, 0.6) is 0 Å². The molecule has 0 amide bonds. The predicted molar refractivity (Wildman–Crippen MR) is 83.9 cm³/mol. The van der Waals surface area contributed by atoms with Crippen molar-refractivity contribution in [1.82, 2.24) is 4.31 Å². The van der Waals surface area contributed by atoms with Crippen molar-refractivity contribution in [3.63, 3.8) is 0 Å². The van der Waals surface area contributed by atoms with Gasteiger partial charge in [0.15, 0.2) is 0 Å². The van der Waals surface area contributed by atoms with Gasteiger partial charge in [-0.3, -0.25) is 0 Å². The normalized spacial score (nSPS) is 22.6. The minimum atomic E-state index is -3.59. The lowest BCUT2D eigenvalue weighted by Crippen LogP contribution is -2.34. The van der Waals surface area contributed by atoms with Gasteiger partial charge in [0.25, 0.3) is 0 Å². The second kappa shape index (κ2) is 6.95. The molecule has 0 aromatic heterocycles. The lowest BCUT2D eigenvalue weighted by Gasteiger charge is -2.21. The van der Waals surface area contributed by atoms with E-state index in [-0.39, 0.29) is 39.8 Å². The number of sulfonamides is 1. The zero-order valence-corrected chi connectivity index (χ0v) is 13.9. The van der Waals surface area contributed by atoms with Gasteiger partial charge in [-0.05, 0) is 44.0 Å². The largest absolute Gasteiger partial charge is 0.330 e. The molecule has 1 saturated heterocycles. The summed E-state index contributed by atoms with van der Waals surface area (Å²) in [7, 11) is -3.59. The SMILES string of the molecule is CC1CC(CN)CN1S(=O)(=O)c1ccc(C#N)c(Cl)c1.Cl. The zero-order chi connectivity index (χ0) is 14.9. The van der Waals surface area contributed by atoms with Crippen LogP contribution in [0.2, 0.25) is 5.02 Å². The highest BCUT2D eigenvalue weighted by molar-refractivity contribution is 7.89. The van der Waals surface area contributed by atoms with E-state index in [1.165, 1.54) is 22.5 Å². The van der Waals surface area contributed by atoms with Crippen molar-refractivity contribution < 1.29 is 8.42 Å². The Balaban J connectivity index is 0.00000220. The Morgan fingerprint density at radius 1 is 1.52 bits per heavy atom. The molecule has 2 N–H and O–H groups in total. The standard InChI is InChI=1S/C13H16ClN3O2S.ClH/c1-9-4-10(6-15)8-17(9)20(18,19)12-3-2-11(7-16)13(14)5-12;/h2-3,5,9-10H,4,6,8,15H2,1H3;1H. The molecule has 0 saturated carbocycles. The van der Waals surface area contributed by atoms with Gasteiger partial charge in [-0.15, -0.1) is 12.4 Å². The van der Waals surface area contributed by atoms with Gasteiger partial charge in [0.2, 0.25) is 10.0 Å². The minimum absolute atomic E-state index is 0. The van der Waals surface area contributed by atoms with E-state index in [4.69, 9.17) is 22.6 Å². The molecule has 116 valence electrons. The molecule has 0 radical (unpaired) electrons.